The van der Waals surface area contributed by atoms with Crippen LogP contribution in [0, 0.1) is 5.92 Å². The largest absolute Gasteiger partial charge is 0.475 e. The van der Waals surface area contributed by atoms with Gasteiger partial charge in [-0.1, -0.05) is 44.2 Å². The van der Waals surface area contributed by atoms with Crippen LogP contribution >= 0.6 is 0 Å². The summed E-state index contributed by atoms with van der Waals surface area (Å²) in [6.45, 7) is 4.03. The standard InChI is InChI=1S/C23H36BN5O8/c1-13(2)9-16(27-23(35)18(12-30)26-14(3)31)21(33)28-17(11-20(25)32)22(34)29-19(24(36)37)10-15-7-5-4-6-8-15/h4-8,13,16-19,30,36-37H,9-12H2,1-3H3,(H2,25,32)(H,26,31)(H,27,35)(H,28,33)(H,29,34)/t16-,17-,18-,19-/m0/s1. The summed E-state index contributed by atoms with van der Waals surface area (Å²) in [7, 11) is -1.94. The van der Waals surface area contributed by atoms with Crippen molar-refractivity contribution in [2.24, 2.45) is 11.7 Å². The lowest BCUT2D eigenvalue weighted by molar-refractivity contribution is -0.135. The molecule has 0 aliphatic heterocycles. The van der Waals surface area contributed by atoms with Crippen molar-refractivity contribution in [2.45, 2.75) is 64.1 Å². The number of rotatable bonds is 15. The zero-order chi connectivity index (χ0) is 28.1. The van der Waals surface area contributed by atoms with E-state index in [9.17, 15) is 39.1 Å². The summed E-state index contributed by atoms with van der Waals surface area (Å²) in [6, 6.07) is 4.76. The Labute approximate surface area is 215 Å². The summed E-state index contributed by atoms with van der Waals surface area (Å²) >= 11 is 0. The fourth-order valence-electron chi connectivity index (χ4n) is 3.48. The monoisotopic (exact) mass is 521 g/mol. The third-order valence-electron chi connectivity index (χ3n) is 5.24. The summed E-state index contributed by atoms with van der Waals surface area (Å²) in [5.41, 5.74) is 5.96. The van der Waals surface area contributed by atoms with Gasteiger partial charge in [0.1, 0.15) is 18.1 Å². The Hall–Kier alpha value is -3.49. The number of hydrogen-bond donors (Lipinski definition) is 8. The zero-order valence-corrected chi connectivity index (χ0v) is 21.1. The lowest BCUT2D eigenvalue weighted by Crippen LogP contribution is -2.59. The van der Waals surface area contributed by atoms with E-state index in [4.69, 9.17) is 5.73 Å². The van der Waals surface area contributed by atoms with E-state index >= 15 is 0 Å². The first-order chi connectivity index (χ1) is 17.3. The van der Waals surface area contributed by atoms with Crippen LogP contribution in [0.5, 0.6) is 0 Å². The van der Waals surface area contributed by atoms with Gasteiger partial charge in [0.2, 0.25) is 29.5 Å². The maximum absolute atomic E-state index is 13.0. The molecule has 0 unspecified atom stereocenters. The van der Waals surface area contributed by atoms with Gasteiger partial charge in [-0.3, -0.25) is 24.0 Å². The molecule has 0 saturated carbocycles. The maximum Gasteiger partial charge on any atom is 0.475 e. The highest BCUT2D eigenvalue weighted by Crippen LogP contribution is 2.08. The molecule has 13 nitrogen and oxygen atoms in total. The quantitative estimate of drug-likeness (QED) is 0.112. The van der Waals surface area contributed by atoms with Crippen molar-refractivity contribution in [3.05, 3.63) is 35.9 Å². The maximum atomic E-state index is 13.0. The summed E-state index contributed by atoms with van der Waals surface area (Å²) in [6.07, 6.45) is -0.406. The molecule has 0 heterocycles. The van der Waals surface area contributed by atoms with E-state index in [-0.39, 0.29) is 18.8 Å². The van der Waals surface area contributed by atoms with Gasteiger partial charge in [-0.2, -0.15) is 0 Å². The minimum atomic E-state index is -1.94. The predicted molar refractivity (Wildman–Crippen MR) is 134 cm³/mol. The number of aliphatic hydroxyl groups excluding tert-OH is 1. The molecule has 0 fully saturated rings. The topological polar surface area (TPSA) is 220 Å². The molecule has 0 aromatic heterocycles. The summed E-state index contributed by atoms with van der Waals surface area (Å²) < 4.78 is 0. The highest BCUT2D eigenvalue weighted by atomic mass is 16.4. The second kappa shape index (κ2) is 15.6. The second-order valence-corrected chi connectivity index (χ2v) is 9.08. The van der Waals surface area contributed by atoms with Crippen molar-refractivity contribution in [3.8, 4) is 0 Å². The molecule has 0 aliphatic rings. The molecule has 0 saturated heterocycles. The Kier molecular flexibility index (Phi) is 13.3. The normalized spacial score (nSPS) is 14.0. The van der Waals surface area contributed by atoms with Crippen molar-refractivity contribution in [2.75, 3.05) is 6.61 Å². The van der Waals surface area contributed by atoms with Gasteiger partial charge in [-0.25, -0.2) is 0 Å². The van der Waals surface area contributed by atoms with Crippen molar-refractivity contribution >= 4 is 36.7 Å². The SMILES string of the molecule is CC(=O)N[C@@H](CO)C(=O)N[C@@H](CC(C)C)C(=O)N[C@@H](CC(N)=O)C(=O)N[C@@H](Cc1ccccc1)B(O)O. The van der Waals surface area contributed by atoms with Crippen LogP contribution in [0.4, 0.5) is 0 Å². The molecule has 14 heteroatoms. The van der Waals surface area contributed by atoms with E-state index < -0.39 is 73.7 Å². The molecular weight excluding hydrogens is 485 g/mol. The Morgan fingerprint density at radius 2 is 1.41 bits per heavy atom. The molecule has 0 radical (unpaired) electrons. The van der Waals surface area contributed by atoms with Crippen LogP contribution in [0.15, 0.2) is 30.3 Å². The van der Waals surface area contributed by atoms with E-state index in [0.29, 0.717) is 5.56 Å². The van der Waals surface area contributed by atoms with Gasteiger partial charge in [0, 0.05) is 6.92 Å². The number of nitrogens with two attached hydrogens (primary N) is 1. The highest BCUT2D eigenvalue weighted by molar-refractivity contribution is 6.43. The number of nitrogens with one attached hydrogen (secondary N) is 4. The van der Waals surface area contributed by atoms with E-state index in [0.717, 1.165) is 6.92 Å². The first-order valence-corrected chi connectivity index (χ1v) is 11.8. The average molecular weight is 521 g/mol. The molecule has 0 aliphatic carbocycles. The van der Waals surface area contributed by atoms with Crippen LogP contribution in [-0.4, -0.2) is 82.5 Å². The minimum Gasteiger partial charge on any atom is -0.426 e. The summed E-state index contributed by atoms with van der Waals surface area (Å²) in [5, 5.41) is 38.4. The molecule has 37 heavy (non-hydrogen) atoms. The van der Waals surface area contributed by atoms with E-state index in [1.54, 1.807) is 44.2 Å². The van der Waals surface area contributed by atoms with Crippen LogP contribution in [0.25, 0.3) is 0 Å². The molecule has 5 amide bonds. The van der Waals surface area contributed by atoms with Crippen molar-refractivity contribution in [1.29, 1.82) is 0 Å². The van der Waals surface area contributed by atoms with Crippen LogP contribution in [0.2, 0.25) is 0 Å². The van der Waals surface area contributed by atoms with Gasteiger partial charge in [0.25, 0.3) is 0 Å². The number of primary amides is 1. The van der Waals surface area contributed by atoms with Crippen molar-refractivity contribution in [1.82, 2.24) is 21.3 Å². The Morgan fingerprint density at radius 1 is 0.865 bits per heavy atom. The van der Waals surface area contributed by atoms with Crippen molar-refractivity contribution < 1.29 is 39.1 Å². The first-order valence-electron chi connectivity index (χ1n) is 11.8. The molecular formula is C23H36BN5O8. The lowest BCUT2D eigenvalue weighted by Gasteiger charge is -2.26. The van der Waals surface area contributed by atoms with Gasteiger partial charge in [-0.15, -0.1) is 0 Å². The smallest absolute Gasteiger partial charge is 0.426 e. The van der Waals surface area contributed by atoms with Crippen LogP contribution in [-0.2, 0) is 30.4 Å². The first kappa shape index (κ1) is 31.5. The molecule has 0 spiro atoms. The molecule has 1 rings (SSSR count). The lowest BCUT2D eigenvalue weighted by atomic mass is 9.75. The van der Waals surface area contributed by atoms with Crippen LogP contribution < -0.4 is 27.0 Å². The second-order valence-electron chi connectivity index (χ2n) is 9.08. The number of benzene rings is 1. The van der Waals surface area contributed by atoms with Gasteiger partial charge in [0.05, 0.1) is 19.0 Å². The zero-order valence-electron chi connectivity index (χ0n) is 21.1. The summed E-state index contributed by atoms with van der Waals surface area (Å²) in [5.74, 6) is -5.23. The number of hydrogen-bond acceptors (Lipinski definition) is 8. The molecule has 1 aromatic carbocycles. The van der Waals surface area contributed by atoms with Gasteiger partial charge < -0.3 is 42.2 Å². The summed E-state index contributed by atoms with van der Waals surface area (Å²) in [4.78, 5) is 61.4. The third kappa shape index (κ3) is 11.9. The highest BCUT2D eigenvalue weighted by Gasteiger charge is 2.33. The molecule has 9 N–H and O–H groups in total. The van der Waals surface area contributed by atoms with E-state index in [1.165, 1.54) is 0 Å². The Bertz CT molecular complexity index is 931. The molecule has 0 bridgehead atoms. The third-order valence-corrected chi connectivity index (χ3v) is 5.24. The molecule has 1 aromatic rings. The fraction of sp³-hybridized carbons (Fsp3) is 0.522. The van der Waals surface area contributed by atoms with Gasteiger partial charge in [0.15, 0.2) is 0 Å². The van der Waals surface area contributed by atoms with Crippen LogP contribution in [0.1, 0.15) is 39.2 Å². The van der Waals surface area contributed by atoms with E-state index in [1.807, 2.05) is 0 Å². The predicted octanol–water partition coefficient (Wildman–Crippen LogP) is -2.89. The Balaban J connectivity index is 3.03. The van der Waals surface area contributed by atoms with Crippen molar-refractivity contribution in [3.63, 3.8) is 0 Å². The van der Waals surface area contributed by atoms with Crippen LogP contribution in [0.3, 0.4) is 0 Å². The fourth-order valence-corrected chi connectivity index (χ4v) is 3.48. The number of aliphatic hydroxyl groups is 1. The number of amides is 5. The Morgan fingerprint density at radius 3 is 1.89 bits per heavy atom. The van der Waals surface area contributed by atoms with Gasteiger partial charge >= 0.3 is 7.12 Å². The van der Waals surface area contributed by atoms with E-state index in [2.05, 4.69) is 21.3 Å². The molecule has 4 atom stereocenters. The minimum absolute atomic E-state index is 0.0548. The number of carbonyl (C=O) groups is 5. The molecule has 204 valence electrons. The number of carbonyl (C=O) groups excluding carboxylic acids is 5. The average Bonchev–Trinajstić information content (AvgIpc) is 2.80. The van der Waals surface area contributed by atoms with Gasteiger partial charge in [-0.05, 0) is 24.3 Å².